The second kappa shape index (κ2) is 10.6. The van der Waals surface area contributed by atoms with E-state index in [4.69, 9.17) is 14.2 Å². The molecule has 0 heterocycles. The lowest BCUT2D eigenvalue weighted by molar-refractivity contribution is -0.384. The van der Waals surface area contributed by atoms with Crippen LogP contribution in [0.5, 0.6) is 17.2 Å². The second-order valence-corrected chi connectivity index (χ2v) is 6.59. The highest BCUT2D eigenvalue weighted by atomic mass is 16.6. The van der Waals surface area contributed by atoms with E-state index in [2.05, 4.69) is 10.5 Å². The van der Waals surface area contributed by atoms with Crippen molar-refractivity contribution >= 4 is 17.8 Å². The summed E-state index contributed by atoms with van der Waals surface area (Å²) in [6, 6.07) is 18.1. The minimum absolute atomic E-state index is 0.0291. The molecule has 0 saturated carbocycles. The maximum Gasteiger partial charge on any atom is 0.271 e. The highest BCUT2D eigenvalue weighted by molar-refractivity contribution is 5.95. The first-order valence-corrected chi connectivity index (χ1v) is 9.51. The van der Waals surface area contributed by atoms with Crippen molar-refractivity contribution in [2.24, 2.45) is 5.10 Å². The lowest BCUT2D eigenvalue weighted by Crippen LogP contribution is -2.17. The normalized spacial score (nSPS) is 10.6. The zero-order valence-electron chi connectivity index (χ0n) is 17.5. The molecule has 0 aliphatic heterocycles. The maximum atomic E-state index is 12.4. The maximum absolute atomic E-state index is 12.4. The Morgan fingerprint density at radius 3 is 2.31 bits per heavy atom. The van der Waals surface area contributed by atoms with Crippen molar-refractivity contribution in [3.8, 4) is 17.2 Å². The summed E-state index contributed by atoms with van der Waals surface area (Å²) < 4.78 is 16.1. The summed E-state index contributed by atoms with van der Waals surface area (Å²) in [6.45, 7) is 0.257. The molecule has 0 unspecified atom stereocenters. The van der Waals surface area contributed by atoms with Gasteiger partial charge in [0.25, 0.3) is 11.6 Å². The van der Waals surface area contributed by atoms with Crippen molar-refractivity contribution in [1.29, 1.82) is 0 Å². The molecule has 9 nitrogen and oxygen atoms in total. The van der Waals surface area contributed by atoms with Gasteiger partial charge in [-0.2, -0.15) is 5.10 Å². The van der Waals surface area contributed by atoms with Gasteiger partial charge in [-0.3, -0.25) is 14.9 Å². The third kappa shape index (κ3) is 6.05. The van der Waals surface area contributed by atoms with E-state index in [0.717, 1.165) is 11.1 Å². The molecule has 9 heteroatoms. The van der Waals surface area contributed by atoms with Crippen LogP contribution in [-0.2, 0) is 6.61 Å². The fraction of sp³-hybridized carbons (Fsp3) is 0.130. The van der Waals surface area contributed by atoms with Gasteiger partial charge in [-0.05, 0) is 47.5 Å². The van der Waals surface area contributed by atoms with Crippen molar-refractivity contribution in [2.75, 3.05) is 14.2 Å². The SMILES string of the molecule is COc1cc(OC)cc(C(=O)NN=Cc2cccc(OCc3ccc([N+](=O)[O-])cc3)c2)c1. The molecule has 0 radical (unpaired) electrons. The molecule has 0 spiro atoms. The van der Waals surface area contributed by atoms with Gasteiger partial charge in [0, 0.05) is 23.8 Å². The van der Waals surface area contributed by atoms with Crippen LogP contribution in [0, 0.1) is 10.1 Å². The number of carbonyl (C=O) groups excluding carboxylic acids is 1. The molecule has 0 aromatic heterocycles. The summed E-state index contributed by atoms with van der Waals surface area (Å²) in [5, 5.41) is 14.7. The number of non-ortho nitro benzene ring substituents is 1. The monoisotopic (exact) mass is 435 g/mol. The van der Waals surface area contributed by atoms with E-state index in [0.29, 0.717) is 22.8 Å². The van der Waals surface area contributed by atoms with Crippen LogP contribution < -0.4 is 19.6 Å². The van der Waals surface area contributed by atoms with Gasteiger partial charge in [-0.15, -0.1) is 0 Å². The van der Waals surface area contributed by atoms with Crippen molar-refractivity contribution < 1.29 is 23.9 Å². The number of benzene rings is 3. The summed E-state index contributed by atoms with van der Waals surface area (Å²) in [4.78, 5) is 22.6. The van der Waals surface area contributed by atoms with Crippen molar-refractivity contribution in [2.45, 2.75) is 6.61 Å². The first-order chi connectivity index (χ1) is 15.5. The number of ether oxygens (including phenoxy) is 3. The number of hydrazone groups is 1. The summed E-state index contributed by atoms with van der Waals surface area (Å²) >= 11 is 0. The lowest BCUT2D eigenvalue weighted by atomic mass is 10.2. The molecule has 0 atom stereocenters. The third-order valence-corrected chi connectivity index (χ3v) is 4.40. The lowest BCUT2D eigenvalue weighted by Gasteiger charge is -2.08. The molecule has 0 aliphatic carbocycles. The molecule has 3 rings (SSSR count). The highest BCUT2D eigenvalue weighted by Gasteiger charge is 2.09. The van der Waals surface area contributed by atoms with Crippen LogP contribution in [-0.4, -0.2) is 31.3 Å². The predicted octanol–water partition coefficient (Wildman–Crippen LogP) is 3.95. The molecular formula is C23H21N3O6. The Labute approximate surface area is 184 Å². The predicted molar refractivity (Wildman–Crippen MR) is 118 cm³/mol. The number of nitrogens with zero attached hydrogens (tertiary/aromatic N) is 2. The molecule has 0 aliphatic rings. The number of amides is 1. The Morgan fingerprint density at radius 1 is 1.00 bits per heavy atom. The molecule has 1 amide bonds. The Morgan fingerprint density at radius 2 is 1.69 bits per heavy atom. The van der Waals surface area contributed by atoms with Crippen LogP contribution in [0.25, 0.3) is 0 Å². The Bertz CT molecular complexity index is 1110. The minimum atomic E-state index is -0.447. The first kappa shape index (κ1) is 22.3. The Kier molecular flexibility index (Phi) is 7.37. The smallest absolute Gasteiger partial charge is 0.271 e. The summed E-state index contributed by atoms with van der Waals surface area (Å²) in [5.74, 6) is 1.17. The van der Waals surface area contributed by atoms with E-state index in [1.54, 1.807) is 48.5 Å². The Balaban J connectivity index is 1.59. The van der Waals surface area contributed by atoms with E-state index in [-0.39, 0.29) is 12.3 Å². The fourth-order valence-corrected chi connectivity index (χ4v) is 2.73. The van der Waals surface area contributed by atoms with Crippen LogP contribution in [0.3, 0.4) is 0 Å². The average Bonchev–Trinajstić information content (AvgIpc) is 2.82. The van der Waals surface area contributed by atoms with E-state index in [1.165, 1.54) is 32.6 Å². The Hall–Kier alpha value is -4.40. The van der Waals surface area contributed by atoms with Crippen LogP contribution in [0.4, 0.5) is 5.69 Å². The van der Waals surface area contributed by atoms with Gasteiger partial charge in [0.1, 0.15) is 23.9 Å². The van der Waals surface area contributed by atoms with Crippen molar-refractivity contribution in [1.82, 2.24) is 5.43 Å². The number of carbonyl (C=O) groups is 1. The fourth-order valence-electron chi connectivity index (χ4n) is 2.73. The standard InChI is InChI=1S/C23H21N3O6/c1-30-21-11-18(12-22(13-21)31-2)23(27)25-24-14-17-4-3-5-20(10-17)32-15-16-6-8-19(9-7-16)26(28)29/h3-14H,15H2,1-2H3,(H,25,27). The van der Waals surface area contributed by atoms with E-state index in [1.807, 2.05) is 6.07 Å². The summed E-state index contributed by atoms with van der Waals surface area (Å²) in [5.41, 5.74) is 4.36. The second-order valence-electron chi connectivity index (χ2n) is 6.59. The topological polar surface area (TPSA) is 112 Å². The number of nitrogens with one attached hydrogen (secondary N) is 1. The molecule has 3 aromatic carbocycles. The largest absolute Gasteiger partial charge is 0.497 e. The highest BCUT2D eigenvalue weighted by Crippen LogP contribution is 2.22. The molecule has 32 heavy (non-hydrogen) atoms. The van der Waals surface area contributed by atoms with Crippen LogP contribution in [0.15, 0.2) is 71.8 Å². The summed E-state index contributed by atoms with van der Waals surface area (Å²) in [7, 11) is 3.01. The van der Waals surface area contributed by atoms with Crippen LogP contribution in [0.1, 0.15) is 21.5 Å². The van der Waals surface area contributed by atoms with Crippen molar-refractivity contribution in [3.05, 3.63) is 93.5 Å². The zero-order chi connectivity index (χ0) is 22.9. The molecule has 164 valence electrons. The molecule has 3 aromatic rings. The average molecular weight is 435 g/mol. The third-order valence-electron chi connectivity index (χ3n) is 4.40. The molecule has 0 fully saturated rings. The first-order valence-electron chi connectivity index (χ1n) is 9.51. The van der Waals surface area contributed by atoms with E-state index >= 15 is 0 Å². The number of nitro groups is 1. The van der Waals surface area contributed by atoms with Crippen molar-refractivity contribution in [3.63, 3.8) is 0 Å². The van der Waals surface area contributed by atoms with Gasteiger partial charge in [0.15, 0.2) is 0 Å². The molecule has 1 N–H and O–H groups in total. The van der Waals surface area contributed by atoms with Gasteiger partial charge in [0.2, 0.25) is 0 Å². The van der Waals surface area contributed by atoms with E-state index < -0.39 is 10.8 Å². The van der Waals surface area contributed by atoms with Gasteiger partial charge >= 0.3 is 0 Å². The number of methoxy groups -OCH3 is 2. The summed E-state index contributed by atoms with van der Waals surface area (Å²) in [6.07, 6.45) is 1.49. The molecule has 0 bridgehead atoms. The van der Waals surface area contributed by atoms with Crippen LogP contribution >= 0.6 is 0 Å². The zero-order valence-corrected chi connectivity index (χ0v) is 17.5. The number of rotatable bonds is 9. The van der Waals surface area contributed by atoms with Gasteiger partial charge in [0.05, 0.1) is 25.4 Å². The van der Waals surface area contributed by atoms with Gasteiger partial charge < -0.3 is 14.2 Å². The van der Waals surface area contributed by atoms with E-state index in [9.17, 15) is 14.9 Å². The quantitative estimate of drug-likeness (QED) is 0.309. The van der Waals surface area contributed by atoms with Gasteiger partial charge in [-0.25, -0.2) is 5.43 Å². The molecular weight excluding hydrogens is 414 g/mol. The number of hydrogen-bond donors (Lipinski definition) is 1. The van der Waals surface area contributed by atoms with Crippen LogP contribution in [0.2, 0.25) is 0 Å². The minimum Gasteiger partial charge on any atom is -0.497 e. The number of nitro benzene ring substituents is 1. The van der Waals surface area contributed by atoms with Gasteiger partial charge in [-0.1, -0.05) is 12.1 Å². The number of hydrogen-bond acceptors (Lipinski definition) is 7. The molecule has 0 saturated heterocycles.